The van der Waals surface area contributed by atoms with Crippen LogP contribution in [0.25, 0.3) is 0 Å². The molecule has 24 heavy (non-hydrogen) atoms. The van der Waals surface area contributed by atoms with Gasteiger partial charge in [-0.3, -0.25) is 9.78 Å². The van der Waals surface area contributed by atoms with Crippen LogP contribution in [-0.2, 0) is 18.0 Å². The summed E-state index contributed by atoms with van der Waals surface area (Å²) in [4.78, 5) is 15.4. The number of amides is 1. The van der Waals surface area contributed by atoms with Crippen LogP contribution in [0.2, 0.25) is 0 Å². The Morgan fingerprint density at radius 1 is 1.25 bits per heavy atom. The number of nitrogens with zero attached hydrogens (tertiary/aromatic N) is 1. The third-order valence-electron chi connectivity index (χ3n) is 4.37. The average molecular weight is 338 g/mol. The van der Waals surface area contributed by atoms with E-state index in [4.69, 9.17) is 5.73 Å². The largest absolute Gasteiger partial charge is 0.416 e. The van der Waals surface area contributed by atoms with E-state index in [2.05, 4.69) is 4.98 Å². The maximum atomic E-state index is 14.3. The number of carbonyl (C=O) groups excluding carboxylic acids is 1. The quantitative estimate of drug-likeness (QED) is 0.866. The van der Waals surface area contributed by atoms with Gasteiger partial charge in [-0.1, -0.05) is 12.1 Å². The molecule has 0 atom stereocenters. The summed E-state index contributed by atoms with van der Waals surface area (Å²) in [5.41, 5.74) is 4.57. The van der Waals surface area contributed by atoms with Crippen molar-refractivity contribution in [2.75, 3.05) is 0 Å². The molecule has 1 aliphatic rings. The van der Waals surface area contributed by atoms with Gasteiger partial charge in [0, 0.05) is 11.6 Å². The Kier molecular flexibility index (Phi) is 3.81. The van der Waals surface area contributed by atoms with E-state index < -0.39 is 28.9 Å². The Morgan fingerprint density at radius 3 is 2.50 bits per heavy atom. The van der Waals surface area contributed by atoms with Crippen LogP contribution in [-0.4, -0.2) is 10.9 Å². The van der Waals surface area contributed by atoms with E-state index in [-0.39, 0.29) is 11.3 Å². The van der Waals surface area contributed by atoms with Crippen molar-refractivity contribution in [3.05, 3.63) is 64.7 Å². The number of pyridine rings is 1. The number of aromatic nitrogens is 1. The van der Waals surface area contributed by atoms with E-state index >= 15 is 0 Å². The molecular formula is C17H14F4N2O. The van der Waals surface area contributed by atoms with Crippen LogP contribution in [0, 0.1) is 5.82 Å². The molecule has 0 spiro atoms. The second-order valence-electron chi connectivity index (χ2n) is 6.02. The molecule has 0 radical (unpaired) electrons. The number of halogens is 4. The molecule has 0 saturated heterocycles. The van der Waals surface area contributed by atoms with Crippen molar-refractivity contribution < 1.29 is 22.4 Å². The van der Waals surface area contributed by atoms with Crippen molar-refractivity contribution >= 4 is 5.91 Å². The summed E-state index contributed by atoms with van der Waals surface area (Å²) in [5, 5.41) is 0. The van der Waals surface area contributed by atoms with Gasteiger partial charge in [-0.15, -0.1) is 0 Å². The summed E-state index contributed by atoms with van der Waals surface area (Å²) < 4.78 is 52.3. The van der Waals surface area contributed by atoms with Crippen molar-refractivity contribution in [2.45, 2.75) is 30.9 Å². The molecule has 1 saturated carbocycles. The van der Waals surface area contributed by atoms with Gasteiger partial charge in [0.2, 0.25) is 0 Å². The van der Waals surface area contributed by atoms with E-state index in [9.17, 15) is 22.4 Å². The molecule has 3 nitrogen and oxygen atoms in total. The zero-order chi connectivity index (χ0) is 17.5. The summed E-state index contributed by atoms with van der Waals surface area (Å²) in [6, 6.07) is 5.91. The number of rotatable bonds is 4. The first-order chi connectivity index (χ1) is 11.2. The lowest BCUT2D eigenvalue weighted by atomic mass is 9.87. The van der Waals surface area contributed by atoms with Gasteiger partial charge in [-0.2, -0.15) is 13.2 Å². The molecule has 0 bridgehead atoms. The number of alkyl halides is 3. The fourth-order valence-electron chi connectivity index (χ4n) is 2.98. The Morgan fingerprint density at radius 2 is 1.96 bits per heavy atom. The summed E-state index contributed by atoms with van der Waals surface area (Å²) >= 11 is 0. The zero-order valence-electron chi connectivity index (χ0n) is 12.5. The highest BCUT2D eigenvalue weighted by Crippen LogP contribution is 2.52. The fraction of sp³-hybridized carbons (Fsp3) is 0.294. The molecule has 3 rings (SSSR count). The molecule has 0 aliphatic heterocycles. The number of nitrogens with two attached hydrogens (primary N) is 1. The van der Waals surface area contributed by atoms with Crippen LogP contribution in [0.5, 0.6) is 0 Å². The van der Waals surface area contributed by atoms with Crippen molar-refractivity contribution in [3.8, 4) is 0 Å². The highest BCUT2D eigenvalue weighted by molar-refractivity contribution is 5.92. The van der Waals surface area contributed by atoms with Crippen LogP contribution < -0.4 is 5.73 Å². The minimum atomic E-state index is -4.58. The van der Waals surface area contributed by atoms with Gasteiger partial charge in [-0.25, -0.2) is 4.39 Å². The molecular weight excluding hydrogens is 324 g/mol. The Bertz CT molecular complexity index is 797. The minimum Gasteiger partial charge on any atom is -0.364 e. The smallest absolute Gasteiger partial charge is 0.364 e. The molecule has 7 heteroatoms. The number of benzene rings is 1. The lowest BCUT2D eigenvalue weighted by Crippen LogP contribution is -2.20. The van der Waals surface area contributed by atoms with E-state index in [1.165, 1.54) is 12.3 Å². The van der Waals surface area contributed by atoms with Crippen LogP contribution in [0.3, 0.4) is 0 Å². The monoisotopic (exact) mass is 338 g/mol. The standard InChI is InChI=1S/C17H14F4N2O/c18-13-8-11(17(19,20)21)3-4-12(13)16(5-6-16)9-10-2-1-7-23-14(10)15(22)24/h1-4,7-8H,5-6,9H2,(H2,22,24). The molecule has 1 heterocycles. The van der Waals surface area contributed by atoms with Crippen molar-refractivity contribution in [1.82, 2.24) is 4.98 Å². The zero-order valence-corrected chi connectivity index (χ0v) is 12.5. The summed E-state index contributed by atoms with van der Waals surface area (Å²) in [6.45, 7) is 0. The topological polar surface area (TPSA) is 56.0 Å². The van der Waals surface area contributed by atoms with Gasteiger partial charge >= 0.3 is 6.18 Å². The van der Waals surface area contributed by atoms with Crippen LogP contribution in [0.4, 0.5) is 17.6 Å². The van der Waals surface area contributed by atoms with Gasteiger partial charge in [0.1, 0.15) is 11.5 Å². The first-order valence-electron chi connectivity index (χ1n) is 7.34. The van der Waals surface area contributed by atoms with Gasteiger partial charge < -0.3 is 5.73 Å². The predicted molar refractivity (Wildman–Crippen MR) is 78.8 cm³/mol. The SMILES string of the molecule is NC(=O)c1ncccc1CC1(c2ccc(C(F)(F)F)cc2F)CC1. The maximum absolute atomic E-state index is 14.3. The molecule has 1 aliphatic carbocycles. The van der Waals surface area contributed by atoms with E-state index in [1.807, 2.05) is 0 Å². The molecule has 1 aromatic heterocycles. The molecule has 1 fully saturated rings. The second kappa shape index (κ2) is 5.58. The van der Waals surface area contributed by atoms with E-state index in [1.54, 1.807) is 12.1 Å². The molecule has 2 N–H and O–H groups in total. The van der Waals surface area contributed by atoms with Crippen molar-refractivity contribution in [2.24, 2.45) is 5.73 Å². The first kappa shape index (κ1) is 16.4. The van der Waals surface area contributed by atoms with Gasteiger partial charge in [-0.05, 0) is 48.6 Å². The Labute approximate surface area is 135 Å². The number of hydrogen-bond acceptors (Lipinski definition) is 2. The van der Waals surface area contributed by atoms with Crippen LogP contribution in [0.15, 0.2) is 36.5 Å². The number of carbonyl (C=O) groups is 1. The van der Waals surface area contributed by atoms with Gasteiger partial charge in [0.15, 0.2) is 0 Å². The summed E-state index contributed by atoms with van der Waals surface area (Å²) in [5.74, 6) is -1.57. The molecule has 1 aromatic carbocycles. The predicted octanol–water partition coefficient (Wildman–Crippen LogP) is 3.61. The fourth-order valence-corrected chi connectivity index (χ4v) is 2.98. The minimum absolute atomic E-state index is 0.107. The van der Waals surface area contributed by atoms with Gasteiger partial charge in [0.05, 0.1) is 5.56 Å². The van der Waals surface area contributed by atoms with Crippen molar-refractivity contribution in [3.63, 3.8) is 0 Å². The molecule has 126 valence electrons. The second-order valence-corrected chi connectivity index (χ2v) is 6.02. The lowest BCUT2D eigenvalue weighted by molar-refractivity contribution is -0.137. The third-order valence-corrected chi connectivity index (χ3v) is 4.37. The Hall–Kier alpha value is -2.44. The van der Waals surface area contributed by atoms with Gasteiger partial charge in [0.25, 0.3) is 5.91 Å². The summed E-state index contributed by atoms with van der Waals surface area (Å²) in [6.07, 6.45) is -1.59. The normalized spacial score (nSPS) is 16.0. The molecule has 1 amide bonds. The highest BCUT2D eigenvalue weighted by atomic mass is 19.4. The Balaban J connectivity index is 1.94. The highest BCUT2D eigenvalue weighted by Gasteiger charge is 2.47. The molecule has 0 unspecified atom stereocenters. The number of hydrogen-bond donors (Lipinski definition) is 1. The van der Waals surface area contributed by atoms with E-state index in [0.29, 0.717) is 30.9 Å². The average Bonchev–Trinajstić information content (AvgIpc) is 3.27. The van der Waals surface area contributed by atoms with E-state index in [0.717, 1.165) is 6.07 Å². The van der Waals surface area contributed by atoms with Crippen LogP contribution >= 0.6 is 0 Å². The first-order valence-corrected chi connectivity index (χ1v) is 7.34. The number of primary amides is 1. The van der Waals surface area contributed by atoms with Crippen molar-refractivity contribution in [1.29, 1.82) is 0 Å². The third kappa shape index (κ3) is 2.98. The lowest BCUT2D eigenvalue weighted by Gasteiger charge is -2.19. The maximum Gasteiger partial charge on any atom is 0.416 e. The molecule has 2 aromatic rings. The van der Waals surface area contributed by atoms with Crippen LogP contribution in [0.1, 0.15) is 40.0 Å². The summed E-state index contributed by atoms with van der Waals surface area (Å²) in [7, 11) is 0.